The van der Waals surface area contributed by atoms with Crippen molar-refractivity contribution in [3.8, 4) is 5.69 Å². The van der Waals surface area contributed by atoms with E-state index in [0.29, 0.717) is 11.0 Å². The van der Waals surface area contributed by atoms with Gasteiger partial charge in [0.1, 0.15) is 18.3 Å². The molecule has 2 heterocycles. The number of hydrogen-bond acceptors (Lipinski definition) is 4. The van der Waals surface area contributed by atoms with Crippen LogP contribution in [0.3, 0.4) is 0 Å². The second-order valence-corrected chi connectivity index (χ2v) is 6.51. The van der Waals surface area contributed by atoms with E-state index in [0.717, 1.165) is 11.3 Å². The molecule has 0 saturated heterocycles. The maximum Gasteiger partial charge on any atom is 0.264 e. The van der Waals surface area contributed by atoms with Gasteiger partial charge >= 0.3 is 0 Å². The number of carbonyl (C=O) groups excluding carboxylic acids is 1. The molecule has 4 aromatic rings. The number of nitrogens with zero attached hydrogens (tertiary/aromatic N) is 4. The topological polar surface area (TPSA) is 81.8 Å². The van der Waals surface area contributed by atoms with E-state index in [1.54, 1.807) is 4.68 Å². The number of benzene rings is 2. The number of hydrogen-bond donors (Lipinski definition) is 1. The summed E-state index contributed by atoms with van der Waals surface area (Å²) in [5.74, 6) is -0.255. The maximum atomic E-state index is 12.8. The van der Waals surface area contributed by atoms with Gasteiger partial charge in [-0.05, 0) is 24.6 Å². The monoisotopic (exact) mass is 373 g/mol. The number of para-hydroxylation sites is 1. The van der Waals surface area contributed by atoms with Crippen LogP contribution in [0, 0.1) is 0 Å². The first kappa shape index (κ1) is 17.7. The van der Waals surface area contributed by atoms with Gasteiger partial charge in [-0.15, -0.1) is 0 Å². The summed E-state index contributed by atoms with van der Waals surface area (Å²) in [6, 6.07) is 19.0. The van der Waals surface area contributed by atoms with E-state index in [2.05, 4.69) is 15.4 Å². The molecule has 1 N–H and O–H groups in total. The lowest BCUT2D eigenvalue weighted by Gasteiger charge is -2.14. The number of carbonyl (C=O) groups is 1. The normalized spacial score (nSPS) is 12.0. The molecular formula is C21H19N5O2. The molecule has 0 spiro atoms. The minimum Gasteiger partial charge on any atom is -0.348 e. The molecule has 7 heteroatoms. The first-order chi connectivity index (χ1) is 13.6. The first-order valence-electron chi connectivity index (χ1n) is 8.96. The molecule has 4 rings (SSSR count). The van der Waals surface area contributed by atoms with Gasteiger partial charge in [-0.25, -0.2) is 9.67 Å². The molecule has 0 fully saturated rings. The van der Waals surface area contributed by atoms with Crippen molar-refractivity contribution in [2.24, 2.45) is 0 Å². The molecule has 0 bridgehead atoms. The van der Waals surface area contributed by atoms with Crippen LogP contribution in [0.5, 0.6) is 0 Å². The van der Waals surface area contributed by atoms with E-state index in [1.165, 1.54) is 17.1 Å². The number of rotatable bonds is 5. The van der Waals surface area contributed by atoms with E-state index in [9.17, 15) is 9.59 Å². The van der Waals surface area contributed by atoms with Crippen molar-refractivity contribution in [3.63, 3.8) is 0 Å². The summed E-state index contributed by atoms with van der Waals surface area (Å²) in [4.78, 5) is 29.5. The highest BCUT2D eigenvalue weighted by Crippen LogP contribution is 2.13. The molecule has 2 aromatic heterocycles. The Morgan fingerprint density at radius 3 is 2.46 bits per heavy atom. The Hall–Kier alpha value is -3.74. The van der Waals surface area contributed by atoms with Gasteiger partial charge in [0.25, 0.3) is 5.56 Å². The number of fused-ring (bicyclic) bond motifs is 1. The van der Waals surface area contributed by atoms with Crippen LogP contribution in [0.25, 0.3) is 16.7 Å². The molecule has 0 saturated carbocycles. The Balaban J connectivity index is 1.56. The molecule has 0 aliphatic rings. The molecular weight excluding hydrogens is 354 g/mol. The quantitative estimate of drug-likeness (QED) is 0.583. The zero-order chi connectivity index (χ0) is 19.5. The lowest BCUT2D eigenvalue weighted by molar-refractivity contribution is -0.122. The summed E-state index contributed by atoms with van der Waals surface area (Å²) in [6.45, 7) is 1.80. The molecule has 1 amide bonds. The number of nitrogens with one attached hydrogen (secondary N) is 1. The Morgan fingerprint density at radius 2 is 1.75 bits per heavy atom. The molecule has 2 aromatic carbocycles. The highest BCUT2D eigenvalue weighted by Gasteiger charge is 2.14. The maximum absolute atomic E-state index is 12.8. The van der Waals surface area contributed by atoms with Crippen LogP contribution in [0.15, 0.2) is 78.0 Å². The van der Waals surface area contributed by atoms with Crippen LogP contribution in [0.2, 0.25) is 0 Å². The highest BCUT2D eigenvalue weighted by atomic mass is 16.2. The minimum atomic E-state index is -0.297. The molecule has 0 radical (unpaired) electrons. The predicted octanol–water partition coefficient (Wildman–Crippen LogP) is 2.46. The van der Waals surface area contributed by atoms with Crippen LogP contribution in [0.1, 0.15) is 18.5 Å². The Kier molecular flexibility index (Phi) is 4.72. The number of amides is 1. The average Bonchev–Trinajstić information content (AvgIpc) is 3.16. The zero-order valence-corrected chi connectivity index (χ0v) is 15.3. The third-order valence-corrected chi connectivity index (χ3v) is 4.55. The van der Waals surface area contributed by atoms with E-state index in [-0.39, 0.29) is 24.1 Å². The van der Waals surface area contributed by atoms with Crippen LogP contribution in [-0.2, 0) is 11.3 Å². The van der Waals surface area contributed by atoms with Crippen LogP contribution in [-0.4, -0.2) is 25.2 Å². The summed E-state index contributed by atoms with van der Waals surface area (Å²) in [6.07, 6.45) is 2.87. The standard InChI is InChI=1S/C21H19N5O2/c1-15(16-8-4-2-5-9-16)24-19(27)13-25-14-22-20-18(21(25)28)12-23-26(20)17-10-6-3-7-11-17/h2-12,14-15H,13H2,1H3,(H,24,27)/t15-/m1/s1. The van der Waals surface area contributed by atoms with E-state index in [1.807, 2.05) is 67.6 Å². The second-order valence-electron chi connectivity index (χ2n) is 6.51. The summed E-state index contributed by atoms with van der Waals surface area (Å²) in [5.41, 5.74) is 1.98. The molecule has 28 heavy (non-hydrogen) atoms. The number of aromatic nitrogens is 4. The highest BCUT2D eigenvalue weighted by molar-refractivity contribution is 5.78. The Bertz CT molecular complexity index is 1170. The van der Waals surface area contributed by atoms with Crippen molar-refractivity contribution < 1.29 is 4.79 Å². The van der Waals surface area contributed by atoms with Crippen molar-refractivity contribution in [2.45, 2.75) is 19.5 Å². The molecule has 1 atom stereocenters. The van der Waals surface area contributed by atoms with Gasteiger partial charge in [-0.2, -0.15) is 5.10 Å². The van der Waals surface area contributed by atoms with Crippen LogP contribution >= 0.6 is 0 Å². The van der Waals surface area contributed by atoms with Gasteiger partial charge in [-0.3, -0.25) is 14.2 Å². The molecule has 0 aliphatic carbocycles. The fourth-order valence-electron chi connectivity index (χ4n) is 3.09. The molecule has 140 valence electrons. The third-order valence-electron chi connectivity index (χ3n) is 4.55. The van der Waals surface area contributed by atoms with E-state index < -0.39 is 0 Å². The largest absolute Gasteiger partial charge is 0.348 e. The smallest absolute Gasteiger partial charge is 0.264 e. The molecule has 0 aliphatic heterocycles. The summed E-state index contributed by atoms with van der Waals surface area (Å²) in [7, 11) is 0. The van der Waals surface area contributed by atoms with Crippen LogP contribution in [0.4, 0.5) is 0 Å². The van der Waals surface area contributed by atoms with Crippen molar-refractivity contribution in [3.05, 3.63) is 89.1 Å². The lowest BCUT2D eigenvalue weighted by Crippen LogP contribution is -2.33. The fraction of sp³-hybridized carbons (Fsp3) is 0.143. The van der Waals surface area contributed by atoms with Gasteiger partial charge in [0, 0.05) is 0 Å². The summed E-state index contributed by atoms with van der Waals surface area (Å²) in [5, 5.41) is 7.55. The Labute approximate surface area is 161 Å². The van der Waals surface area contributed by atoms with Gasteiger partial charge in [0.05, 0.1) is 17.9 Å². The van der Waals surface area contributed by atoms with Crippen molar-refractivity contribution in [1.82, 2.24) is 24.6 Å². The SMILES string of the molecule is C[C@@H](NC(=O)Cn1cnc2c(cnn2-c2ccccc2)c1=O)c1ccccc1. The molecule has 0 unspecified atom stereocenters. The van der Waals surface area contributed by atoms with E-state index in [4.69, 9.17) is 0 Å². The Morgan fingerprint density at radius 1 is 1.07 bits per heavy atom. The predicted molar refractivity (Wildman–Crippen MR) is 106 cm³/mol. The fourth-order valence-corrected chi connectivity index (χ4v) is 3.09. The minimum absolute atomic E-state index is 0.102. The van der Waals surface area contributed by atoms with Gasteiger partial charge in [0.2, 0.25) is 5.91 Å². The summed E-state index contributed by atoms with van der Waals surface area (Å²) >= 11 is 0. The zero-order valence-electron chi connectivity index (χ0n) is 15.3. The van der Waals surface area contributed by atoms with Gasteiger partial charge in [0.15, 0.2) is 5.65 Å². The molecule has 7 nitrogen and oxygen atoms in total. The first-order valence-corrected chi connectivity index (χ1v) is 8.96. The van der Waals surface area contributed by atoms with E-state index >= 15 is 0 Å². The van der Waals surface area contributed by atoms with Crippen molar-refractivity contribution >= 4 is 16.9 Å². The van der Waals surface area contributed by atoms with Crippen LogP contribution < -0.4 is 10.9 Å². The van der Waals surface area contributed by atoms with Crippen molar-refractivity contribution in [1.29, 1.82) is 0 Å². The second kappa shape index (κ2) is 7.48. The lowest BCUT2D eigenvalue weighted by atomic mass is 10.1. The van der Waals surface area contributed by atoms with Gasteiger partial charge < -0.3 is 5.32 Å². The third kappa shape index (κ3) is 3.42. The van der Waals surface area contributed by atoms with Crippen molar-refractivity contribution in [2.75, 3.05) is 0 Å². The summed E-state index contributed by atoms with van der Waals surface area (Å²) < 4.78 is 2.91. The van der Waals surface area contributed by atoms with Gasteiger partial charge in [-0.1, -0.05) is 48.5 Å². The average molecular weight is 373 g/mol.